The lowest BCUT2D eigenvalue weighted by Gasteiger charge is -2.32. The van der Waals surface area contributed by atoms with Crippen LogP contribution in [0.1, 0.15) is 33.6 Å². The molecule has 3 amide bonds. The van der Waals surface area contributed by atoms with E-state index in [2.05, 4.69) is 4.98 Å². The van der Waals surface area contributed by atoms with Crippen molar-refractivity contribution in [1.29, 1.82) is 0 Å². The normalized spacial score (nSPS) is 16.8. The van der Waals surface area contributed by atoms with Gasteiger partial charge in [0.15, 0.2) is 0 Å². The third-order valence-corrected chi connectivity index (χ3v) is 6.80. The number of hydrogen-bond acceptors (Lipinski definition) is 6. The molecule has 1 aromatic heterocycles. The second-order valence-corrected chi connectivity index (χ2v) is 8.91. The molecule has 0 spiro atoms. The highest BCUT2D eigenvalue weighted by Gasteiger charge is 2.37. The number of fused-ring (bicyclic) bond motifs is 2. The Hall–Kier alpha value is -2.97. The summed E-state index contributed by atoms with van der Waals surface area (Å²) in [6.07, 6.45) is 1.25. The molecule has 1 saturated heterocycles. The average Bonchev–Trinajstić information content (AvgIpc) is 3.30. The number of nitrogens with zero attached hydrogens (tertiary/aromatic N) is 3. The van der Waals surface area contributed by atoms with Crippen molar-refractivity contribution >= 4 is 50.9 Å². The molecule has 0 saturated carbocycles. The zero-order valence-electron chi connectivity index (χ0n) is 16.4. The van der Waals surface area contributed by atoms with Crippen molar-refractivity contribution in [1.82, 2.24) is 14.8 Å². The molecule has 158 valence electrons. The topological polar surface area (TPSA) is 79.8 Å². The minimum absolute atomic E-state index is 0.0531. The van der Waals surface area contributed by atoms with Gasteiger partial charge in [-0.25, -0.2) is 4.98 Å². The number of halogens is 1. The lowest BCUT2D eigenvalue weighted by Crippen LogP contribution is -2.47. The molecule has 7 nitrogen and oxygen atoms in total. The maximum Gasteiger partial charge on any atom is 0.274 e. The van der Waals surface area contributed by atoms with Crippen LogP contribution in [-0.2, 0) is 4.79 Å². The number of benzene rings is 2. The predicted octanol–water partition coefficient (Wildman–Crippen LogP) is 3.62. The van der Waals surface area contributed by atoms with Crippen LogP contribution in [0.15, 0.2) is 42.5 Å². The number of aromatic nitrogens is 1. The van der Waals surface area contributed by atoms with Crippen molar-refractivity contribution in [3.63, 3.8) is 0 Å². The molecule has 3 heterocycles. The Kier molecular flexibility index (Phi) is 5.11. The number of ether oxygens (including phenoxy) is 1. The first kappa shape index (κ1) is 20.0. The standard InChI is InChI=1S/C22H18ClN3O4S/c23-16-6-3-7-17-19(16)24-22(31-17)30-13-8-10-25(11-9-13)18(27)12-26-20(28)14-4-1-2-5-15(14)21(26)29/h1-7,13H,8-12H2. The van der Waals surface area contributed by atoms with Crippen LogP contribution >= 0.6 is 22.9 Å². The first-order valence-corrected chi connectivity index (χ1v) is 11.2. The number of carbonyl (C=O) groups is 3. The smallest absolute Gasteiger partial charge is 0.274 e. The van der Waals surface area contributed by atoms with E-state index in [0.29, 0.717) is 47.3 Å². The van der Waals surface area contributed by atoms with Crippen LogP contribution in [0.25, 0.3) is 10.2 Å². The second kappa shape index (κ2) is 7.94. The highest BCUT2D eigenvalue weighted by atomic mass is 35.5. The van der Waals surface area contributed by atoms with Crippen molar-refractivity contribution < 1.29 is 19.1 Å². The number of likely N-dealkylation sites (tertiary alicyclic amines) is 1. The lowest BCUT2D eigenvalue weighted by molar-refractivity contribution is -0.133. The summed E-state index contributed by atoms with van der Waals surface area (Å²) in [5.41, 5.74) is 1.43. The van der Waals surface area contributed by atoms with E-state index in [1.165, 1.54) is 11.3 Å². The van der Waals surface area contributed by atoms with Gasteiger partial charge in [0.25, 0.3) is 17.0 Å². The summed E-state index contributed by atoms with van der Waals surface area (Å²) in [5.74, 6) is -1.07. The predicted molar refractivity (Wildman–Crippen MR) is 117 cm³/mol. The summed E-state index contributed by atoms with van der Waals surface area (Å²) in [7, 11) is 0. The van der Waals surface area contributed by atoms with E-state index in [1.54, 1.807) is 35.2 Å². The van der Waals surface area contributed by atoms with Crippen LogP contribution in [0.4, 0.5) is 0 Å². The molecule has 2 aliphatic heterocycles. The molecule has 2 aliphatic rings. The van der Waals surface area contributed by atoms with E-state index in [0.717, 1.165) is 15.1 Å². The Labute approximate surface area is 187 Å². The van der Waals surface area contributed by atoms with Gasteiger partial charge < -0.3 is 9.64 Å². The van der Waals surface area contributed by atoms with Crippen molar-refractivity contribution in [3.8, 4) is 5.19 Å². The Morgan fingerprint density at radius 3 is 2.39 bits per heavy atom. The number of thiazole rings is 1. The summed E-state index contributed by atoms with van der Waals surface area (Å²) in [6, 6.07) is 12.3. The first-order chi connectivity index (χ1) is 15.0. The van der Waals surface area contributed by atoms with E-state index in [1.807, 2.05) is 12.1 Å². The van der Waals surface area contributed by atoms with E-state index >= 15 is 0 Å². The molecule has 0 atom stereocenters. The van der Waals surface area contributed by atoms with Crippen molar-refractivity contribution in [3.05, 3.63) is 58.6 Å². The summed E-state index contributed by atoms with van der Waals surface area (Å²) in [6.45, 7) is 0.755. The maximum absolute atomic E-state index is 12.7. The molecular formula is C22H18ClN3O4S. The fourth-order valence-electron chi connectivity index (χ4n) is 3.93. The van der Waals surface area contributed by atoms with Gasteiger partial charge in [-0.05, 0) is 24.3 Å². The summed E-state index contributed by atoms with van der Waals surface area (Å²) >= 11 is 7.63. The number of hydrogen-bond donors (Lipinski definition) is 0. The first-order valence-electron chi connectivity index (χ1n) is 9.96. The Morgan fingerprint density at radius 2 is 1.74 bits per heavy atom. The molecule has 9 heteroatoms. The summed E-state index contributed by atoms with van der Waals surface area (Å²) in [5, 5.41) is 1.16. The van der Waals surface area contributed by atoms with E-state index < -0.39 is 11.8 Å². The van der Waals surface area contributed by atoms with E-state index in [9.17, 15) is 14.4 Å². The third-order valence-electron chi connectivity index (χ3n) is 5.58. The van der Waals surface area contributed by atoms with Gasteiger partial charge in [-0.2, -0.15) is 0 Å². The van der Waals surface area contributed by atoms with Gasteiger partial charge in [0.1, 0.15) is 18.2 Å². The zero-order valence-corrected chi connectivity index (χ0v) is 18.0. The van der Waals surface area contributed by atoms with Crippen LogP contribution in [0.3, 0.4) is 0 Å². The molecule has 0 aliphatic carbocycles. The fourth-order valence-corrected chi connectivity index (χ4v) is 5.11. The van der Waals surface area contributed by atoms with Crippen LogP contribution in [0.5, 0.6) is 5.19 Å². The molecule has 31 heavy (non-hydrogen) atoms. The van der Waals surface area contributed by atoms with Crippen LogP contribution < -0.4 is 4.74 Å². The molecule has 1 fully saturated rings. The molecule has 3 aromatic rings. The highest BCUT2D eigenvalue weighted by molar-refractivity contribution is 7.20. The largest absolute Gasteiger partial charge is 0.467 e. The maximum atomic E-state index is 12.7. The molecular weight excluding hydrogens is 438 g/mol. The van der Waals surface area contributed by atoms with Crippen LogP contribution in [-0.4, -0.2) is 58.2 Å². The van der Waals surface area contributed by atoms with Gasteiger partial charge in [-0.1, -0.05) is 41.1 Å². The molecule has 0 radical (unpaired) electrons. The SMILES string of the molecule is O=C(CN1C(=O)c2ccccc2C1=O)N1CCC(Oc2nc3c(Cl)cccc3s2)CC1. The summed E-state index contributed by atoms with van der Waals surface area (Å²) in [4.78, 5) is 44.9. The van der Waals surface area contributed by atoms with E-state index in [-0.39, 0.29) is 18.6 Å². The molecule has 2 aromatic carbocycles. The Bertz CT molecular complexity index is 1170. The number of piperidine rings is 1. The van der Waals surface area contributed by atoms with Gasteiger partial charge in [0.05, 0.1) is 20.8 Å². The van der Waals surface area contributed by atoms with Gasteiger partial charge >= 0.3 is 0 Å². The van der Waals surface area contributed by atoms with Crippen molar-refractivity contribution in [2.45, 2.75) is 18.9 Å². The average molecular weight is 456 g/mol. The van der Waals surface area contributed by atoms with Gasteiger partial charge in [-0.3, -0.25) is 19.3 Å². The van der Waals surface area contributed by atoms with Gasteiger partial charge in [0, 0.05) is 25.9 Å². The fraction of sp³-hybridized carbons (Fsp3) is 0.273. The minimum Gasteiger partial charge on any atom is -0.467 e. The van der Waals surface area contributed by atoms with Crippen molar-refractivity contribution in [2.24, 2.45) is 0 Å². The summed E-state index contributed by atoms with van der Waals surface area (Å²) < 4.78 is 6.99. The molecule has 5 rings (SSSR count). The van der Waals surface area contributed by atoms with Gasteiger partial charge in [-0.15, -0.1) is 0 Å². The lowest BCUT2D eigenvalue weighted by atomic mass is 10.1. The van der Waals surface area contributed by atoms with Crippen LogP contribution in [0.2, 0.25) is 5.02 Å². The quantitative estimate of drug-likeness (QED) is 0.561. The monoisotopic (exact) mass is 455 g/mol. The Morgan fingerprint density at radius 1 is 1.06 bits per heavy atom. The van der Waals surface area contributed by atoms with E-state index in [4.69, 9.17) is 16.3 Å². The number of amides is 3. The number of carbonyl (C=O) groups excluding carboxylic acids is 3. The minimum atomic E-state index is -0.415. The van der Waals surface area contributed by atoms with Crippen molar-refractivity contribution in [2.75, 3.05) is 19.6 Å². The zero-order chi connectivity index (χ0) is 21.5. The second-order valence-electron chi connectivity index (χ2n) is 7.51. The molecule has 0 N–H and O–H groups in total. The van der Waals surface area contributed by atoms with Crippen LogP contribution in [0, 0.1) is 0 Å². The molecule has 0 unspecified atom stereocenters. The molecule has 0 bridgehead atoms. The van der Waals surface area contributed by atoms with Gasteiger partial charge in [0.2, 0.25) is 5.91 Å². The Balaban J connectivity index is 1.18. The number of rotatable bonds is 4. The highest BCUT2D eigenvalue weighted by Crippen LogP contribution is 2.33. The number of imide groups is 1. The third kappa shape index (κ3) is 3.66. The number of para-hydroxylation sites is 1.